The van der Waals surface area contributed by atoms with Crippen LogP contribution in [-0.4, -0.2) is 11.1 Å². The summed E-state index contributed by atoms with van der Waals surface area (Å²) >= 11 is 0. The van der Waals surface area contributed by atoms with Crippen molar-refractivity contribution in [1.82, 2.24) is 0 Å². The molecule has 0 amide bonds. The minimum Gasteiger partial charge on any atom is -0.481 e. The molecule has 0 aromatic carbocycles. The van der Waals surface area contributed by atoms with E-state index in [0.717, 1.165) is 0 Å². The Morgan fingerprint density at radius 3 is 2.55 bits per heavy atom. The lowest BCUT2D eigenvalue weighted by Gasteiger charge is -1.86. The van der Waals surface area contributed by atoms with Gasteiger partial charge < -0.3 is 13.9 Å². The molecular formula is C6H6O5. The minimum absolute atomic E-state index is 0.0718. The van der Waals surface area contributed by atoms with E-state index in [9.17, 15) is 9.59 Å². The average Bonchev–Trinajstić information content (AvgIpc) is 2.09. The first-order valence-corrected chi connectivity index (χ1v) is 2.91. The molecule has 0 unspecified atom stereocenters. The molecule has 0 saturated carbocycles. The van der Waals surface area contributed by atoms with Crippen molar-refractivity contribution in [3.05, 3.63) is 22.1 Å². The monoisotopic (exact) mass is 158 g/mol. The van der Waals surface area contributed by atoms with E-state index in [0.29, 0.717) is 0 Å². The van der Waals surface area contributed by atoms with Gasteiger partial charge in [0.2, 0.25) is 0 Å². The van der Waals surface area contributed by atoms with E-state index in [4.69, 9.17) is 5.11 Å². The van der Waals surface area contributed by atoms with Crippen molar-refractivity contribution in [3.8, 4) is 0 Å². The van der Waals surface area contributed by atoms with Gasteiger partial charge in [-0.05, 0) is 6.92 Å². The first-order chi connectivity index (χ1) is 5.09. The van der Waals surface area contributed by atoms with Gasteiger partial charge in [-0.1, -0.05) is 0 Å². The normalized spacial score (nSPS) is 9.91. The molecule has 11 heavy (non-hydrogen) atoms. The number of aliphatic carboxylic acids is 1. The van der Waals surface area contributed by atoms with E-state index in [1.807, 2.05) is 0 Å². The third-order valence-electron chi connectivity index (χ3n) is 1.15. The molecule has 0 atom stereocenters. The summed E-state index contributed by atoms with van der Waals surface area (Å²) in [5, 5.41) is 8.30. The highest BCUT2D eigenvalue weighted by molar-refractivity contribution is 5.69. The number of carbonyl (C=O) groups is 1. The van der Waals surface area contributed by atoms with Gasteiger partial charge in [-0.15, -0.1) is 0 Å². The summed E-state index contributed by atoms with van der Waals surface area (Å²) in [7, 11) is 0. The van der Waals surface area contributed by atoms with Crippen LogP contribution in [0.15, 0.2) is 13.6 Å². The maximum absolute atomic E-state index is 10.4. The van der Waals surface area contributed by atoms with Crippen LogP contribution < -0.4 is 5.82 Å². The van der Waals surface area contributed by atoms with Crippen LogP contribution in [-0.2, 0) is 11.2 Å². The predicted molar refractivity (Wildman–Crippen MR) is 33.3 cm³/mol. The van der Waals surface area contributed by atoms with Gasteiger partial charge in [0.05, 0.1) is 0 Å². The maximum Gasteiger partial charge on any atom is 0.519 e. The van der Waals surface area contributed by atoms with Crippen LogP contribution in [0.2, 0.25) is 0 Å². The smallest absolute Gasteiger partial charge is 0.481 e. The third kappa shape index (κ3) is 1.70. The van der Waals surface area contributed by atoms with Crippen LogP contribution >= 0.6 is 0 Å². The van der Waals surface area contributed by atoms with Gasteiger partial charge in [-0.3, -0.25) is 4.79 Å². The summed E-state index contributed by atoms with van der Waals surface area (Å²) in [5.41, 5.74) is 0. The molecule has 0 fully saturated rings. The maximum atomic E-state index is 10.4. The van der Waals surface area contributed by atoms with Crippen LogP contribution in [0.1, 0.15) is 11.5 Å². The number of carboxylic acid groups (broad SMARTS) is 1. The Morgan fingerprint density at radius 1 is 1.55 bits per heavy atom. The minimum atomic E-state index is -1.06. The lowest BCUT2D eigenvalue weighted by atomic mass is 10.3. The lowest BCUT2D eigenvalue weighted by molar-refractivity contribution is -0.136. The van der Waals surface area contributed by atoms with Gasteiger partial charge in [0.25, 0.3) is 0 Å². The molecule has 0 saturated heterocycles. The number of hydrogen-bond acceptors (Lipinski definition) is 4. The Hall–Kier alpha value is -1.52. The first kappa shape index (κ1) is 7.59. The van der Waals surface area contributed by atoms with Crippen LogP contribution in [0.5, 0.6) is 0 Å². The van der Waals surface area contributed by atoms with Crippen molar-refractivity contribution >= 4 is 5.97 Å². The standard InChI is InChI=1S/C6H6O5/c1-3-4(2-5(7)8)11-6(9)10-3/h2H2,1H3,(H,7,8). The fourth-order valence-corrected chi connectivity index (χ4v) is 0.673. The highest BCUT2D eigenvalue weighted by Gasteiger charge is 2.11. The second-order valence-corrected chi connectivity index (χ2v) is 2.00. The quantitative estimate of drug-likeness (QED) is 0.663. The zero-order valence-electron chi connectivity index (χ0n) is 5.79. The Bertz CT molecular complexity index is 318. The molecule has 1 heterocycles. The molecule has 1 rings (SSSR count). The number of hydrogen-bond donors (Lipinski definition) is 1. The van der Waals surface area contributed by atoms with E-state index < -0.39 is 11.8 Å². The molecule has 5 heteroatoms. The van der Waals surface area contributed by atoms with E-state index in [-0.39, 0.29) is 17.9 Å². The van der Waals surface area contributed by atoms with Crippen molar-refractivity contribution in [2.45, 2.75) is 13.3 Å². The van der Waals surface area contributed by atoms with Gasteiger partial charge >= 0.3 is 11.8 Å². The highest BCUT2D eigenvalue weighted by atomic mass is 16.6. The second kappa shape index (κ2) is 2.61. The van der Waals surface area contributed by atoms with Gasteiger partial charge in [0.1, 0.15) is 12.2 Å². The van der Waals surface area contributed by atoms with Crippen LogP contribution in [0.4, 0.5) is 0 Å². The van der Waals surface area contributed by atoms with Gasteiger partial charge in [0, 0.05) is 0 Å². The fraction of sp³-hybridized carbons (Fsp3) is 0.333. The number of carboxylic acids is 1. The molecule has 0 spiro atoms. The summed E-state index contributed by atoms with van der Waals surface area (Å²) in [6, 6.07) is 0. The summed E-state index contributed by atoms with van der Waals surface area (Å²) in [6.45, 7) is 1.48. The molecular weight excluding hydrogens is 152 g/mol. The topological polar surface area (TPSA) is 80.7 Å². The van der Waals surface area contributed by atoms with E-state index in [1.54, 1.807) is 0 Å². The molecule has 1 aromatic rings. The van der Waals surface area contributed by atoms with Gasteiger partial charge in [0.15, 0.2) is 5.76 Å². The van der Waals surface area contributed by atoms with E-state index >= 15 is 0 Å². The van der Waals surface area contributed by atoms with E-state index in [1.165, 1.54) is 6.92 Å². The highest BCUT2D eigenvalue weighted by Crippen LogP contribution is 2.04. The summed E-state index contributed by atoms with van der Waals surface area (Å²) in [4.78, 5) is 20.5. The van der Waals surface area contributed by atoms with Crippen molar-refractivity contribution in [1.29, 1.82) is 0 Å². The first-order valence-electron chi connectivity index (χ1n) is 2.91. The van der Waals surface area contributed by atoms with Gasteiger partial charge in [-0.25, -0.2) is 4.79 Å². The molecule has 5 nitrogen and oxygen atoms in total. The molecule has 0 radical (unpaired) electrons. The summed E-state index contributed by atoms with van der Waals surface area (Å²) in [5.74, 6) is -1.63. The Labute approximate surface area is 61.2 Å². The van der Waals surface area contributed by atoms with Crippen molar-refractivity contribution in [2.24, 2.45) is 0 Å². The average molecular weight is 158 g/mol. The zero-order valence-corrected chi connectivity index (χ0v) is 5.79. The molecule has 1 aromatic heterocycles. The molecule has 0 bridgehead atoms. The Balaban J connectivity index is 2.94. The molecule has 0 aliphatic heterocycles. The fourth-order valence-electron chi connectivity index (χ4n) is 0.673. The Kier molecular flexibility index (Phi) is 1.80. The van der Waals surface area contributed by atoms with Crippen LogP contribution in [0.25, 0.3) is 0 Å². The predicted octanol–water partition coefficient (Wildman–Crippen LogP) is 0.168. The van der Waals surface area contributed by atoms with Crippen LogP contribution in [0.3, 0.4) is 0 Å². The van der Waals surface area contributed by atoms with E-state index in [2.05, 4.69) is 8.83 Å². The molecule has 0 aliphatic rings. The SMILES string of the molecule is Cc1oc(=O)oc1CC(=O)O. The van der Waals surface area contributed by atoms with Crippen molar-refractivity contribution in [3.63, 3.8) is 0 Å². The Morgan fingerprint density at radius 2 is 2.18 bits per heavy atom. The van der Waals surface area contributed by atoms with Crippen molar-refractivity contribution in [2.75, 3.05) is 0 Å². The second-order valence-electron chi connectivity index (χ2n) is 2.00. The lowest BCUT2D eigenvalue weighted by Crippen LogP contribution is -2.00. The molecule has 1 N–H and O–H groups in total. The number of rotatable bonds is 2. The van der Waals surface area contributed by atoms with Crippen molar-refractivity contribution < 1.29 is 18.7 Å². The largest absolute Gasteiger partial charge is 0.519 e. The zero-order chi connectivity index (χ0) is 8.43. The third-order valence-corrected chi connectivity index (χ3v) is 1.15. The number of aryl methyl sites for hydroxylation is 1. The van der Waals surface area contributed by atoms with Crippen LogP contribution in [0, 0.1) is 6.92 Å². The van der Waals surface area contributed by atoms with Gasteiger partial charge in [-0.2, -0.15) is 0 Å². The molecule has 60 valence electrons. The summed E-state index contributed by atoms with van der Waals surface area (Å²) in [6.07, 6.45) is -0.322. The molecule has 0 aliphatic carbocycles. The summed E-state index contributed by atoms with van der Waals surface area (Å²) < 4.78 is 8.85.